The molecular weight excluding hydrogens is 595 g/mol. The Morgan fingerprint density at radius 3 is 1.53 bits per heavy atom. The van der Waals surface area contributed by atoms with E-state index in [4.69, 9.17) is 4.98 Å². The maximum atomic E-state index is 5.07. The Kier molecular flexibility index (Phi) is 5.38. The molecule has 2 heterocycles. The molecule has 0 radical (unpaired) electrons. The summed E-state index contributed by atoms with van der Waals surface area (Å²) in [5, 5.41) is 17.5. The van der Waals surface area contributed by atoms with Crippen LogP contribution in [0.3, 0.4) is 0 Å². The molecule has 0 unspecified atom stereocenters. The normalized spacial score (nSPS) is 12.1. The molecular formula is C46H27N3. The summed E-state index contributed by atoms with van der Waals surface area (Å²) in [6.07, 6.45) is 7.71. The monoisotopic (exact) mass is 621 g/mol. The van der Waals surface area contributed by atoms with Gasteiger partial charge in [-0.1, -0.05) is 140 Å². The number of hydrogen-bond acceptors (Lipinski definition) is 2. The van der Waals surface area contributed by atoms with Crippen molar-refractivity contribution in [2.24, 2.45) is 0 Å². The molecule has 0 bridgehead atoms. The van der Waals surface area contributed by atoms with Crippen LogP contribution in [0.15, 0.2) is 164 Å². The van der Waals surface area contributed by atoms with Crippen molar-refractivity contribution in [3.05, 3.63) is 164 Å². The van der Waals surface area contributed by atoms with Crippen LogP contribution in [-0.2, 0) is 0 Å². The van der Waals surface area contributed by atoms with Gasteiger partial charge in [0.25, 0.3) is 0 Å². The van der Waals surface area contributed by atoms with Gasteiger partial charge in [0.15, 0.2) is 5.65 Å². The van der Waals surface area contributed by atoms with Crippen LogP contribution < -0.4 is 0 Å². The standard InChI is InChI=1S/C46H27N3/c1-2-13-32-30(12-1)31-18-7-10-28-22-23-29-11-8-19-33(43(29)42(28)31)36-20-9-21-39(44(32)36)45-34-14-3-5-16-37(34)46(38-17-6-4-15-35(38)45)40-27-49-25-24-47-26-41(49)48-40/h1-27H. The first-order chi connectivity index (χ1) is 24.3. The molecule has 0 aliphatic heterocycles. The Bertz CT molecular complexity index is 3080. The van der Waals surface area contributed by atoms with Gasteiger partial charge in [-0.25, -0.2) is 4.98 Å². The predicted molar refractivity (Wildman–Crippen MR) is 206 cm³/mol. The molecule has 11 rings (SSSR count). The van der Waals surface area contributed by atoms with Crippen LogP contribution in [-0.4, -0.2) is 14.4 Å². The molecule has 226 valence electrons. The molecule has 0 aliphatic carbocycles. The van der Waals surface area contributed by atoms with Gasteiger partial charge in [0.2, 0.25) is 0 Å². The maximum Gasteiger partial charge on any atom is 0.155 e. The van der Waals surface area contributed by atoms with E-state index in [1.54, 1.807) is 6.20 Å². The number of aromatic nitrogens is 3. The lowest BCUT2D eigenvalue weighted by molar-refractivity contribution is 1.13. The van der Waals surface area contributed by atoms with Gasteiger partial charge in [0.1, 0.15) is 0 Å². The topological polar surface area (TPSA) is 30.2 Å². The summed E-state index contributed by atoms with van der Waals surface area (Å²) in [7, 11) is 0. The first-order valence-corrected chi connectivity index (χ1v) is 16.7. The van der Waals surface area contributed by atoms with Crippen molar-refractivity contribution in [3.8, 4) is 22.4 Å². The average molecular weight is 622 g/mol. The van der Waals surface area contributed by atoms with Crippen LogP contribution in [0.5, 0.6) is 0 Å². The quantitative estimate of drug-likeness (QED) is 0.142. The molecule has 11 aromatic rings. The number of benzene rings is 8. The molecule has 0 aliphatic rings. The number of fused-ring (bicyclic) bond motifs is 8. The number of rotatable bonds is 2. The molecule has 49 heavy (non-hydrogen) atoms. The molecule has 0 saturated carbocycles. The van der Waals surface area contributed by atoms with E-state index in [-0.39, 0.29) is 0 Å². The zero-order valence-corrected chi connectivity index (χ0v) is 26.4. The zero-order valence-electron chi connectivity index (χ0n) is 26.4. The highest BCUT2D eigenvalue weighted by Crippen LogP contribution is 2.48. The van der Waals surface area contributed by atoms with Gasteiger partial charge in [0.05, 0.1) is 11.9 Å². The minimum atomic E-state index is 0.834. The van der Waals surface area contributed by atoms with Crippen LogP contribution in [0.4, 0.5) is 0 Å². The van der Waals surface area contributed by atoms with Gasteiger partial charge in [-0.3, -0.25) is 4.98 Å². The predicted octanol–water partition coefficient (Wildman–Crippen LogP) is 12.1. The summed E-state index contributed by atoms with van der Waals surface area (Å²) < 4.78 is 2.05. The molecule has 0 amide bonds. The maximum absolute atomic E-state index is 5.07. The first-order valence-electron chi connectivity index (χ1n) is 16.7. The second-order valence-electron chi connectivity index (χ2n) is 13.0. The average Bonchev–Trinajstić information content (AvgIpc) is 3.59. The molecule has 0 fully saturated rings. The second-order valence-corrected chi connectivity index (χ2v) is 13.0. The van der Waals surface area contributed by atoms with E-state index in [0.717, 1.165) is 16.9 Å². The third-order valence-electron chi connectivity index (χ3n) is 10.4. The highest BCUT2D eigenvalue weighted by molar-refractivity contribution is 6.35. The third-order valence-corrected chi connectivity index (χ3v) is 10.4. The van der Waals surface area contributed by atoms with E-state index in [0.29, 0.717) is 0 Å². The lowest BCUT2D eigenvalue weighted by Crippen LogP contribution is -1.92. The fourth-order valence-electron chi connectivity index (χ4n) is 8.47. The van der Waals surface area contributed by atoms with Gasteiger partial charge >= 0.3 is 0 Å². The summed E-state index contributed by atoms with van der Waals surface area (Å²) >= 11 is 0. The van der Waals surface area contributed by atoms with Crippen LogP contribution in [0.2, 0.25) is 0 Å². The van der Waals surface area contributed by atoms with Gasteiger partial charge < -0.3 is 4.40 Å². The molecule has 0 spiro atoms. The SMILES string of the molecule is c1ccc2c(-c3cccc4c5cccc6ccc7cccc(c8ccccc8c34)c7c65)c3ccccc3c(-c3cn4ccncc4n3)c2c1. The zero-order chi connectivity index (χ0) is 32.1. The molecule has 2 aromatic heterocycles. The van der Waals surface area contributed by atoms with Crippen LogP contribution >= 0.6 is 0 Å². The summed E-state index contributed by atoms with van der Waals surface area (Å²) in [5.41, 5.74) is 5.39. The molecule has 9 aromatic carbocycles. The largest absolute Gasteiger partial charge is 0.304 e. The summed E-state index contributed by atoms with van der Waals surface area (Å²) in [5.74, 6) is 0. The molecule has 3 nitrogen and oxygen atoms in total. The van der Waals surface area contributed by atoms with Gasteiger partial charge in [0, 0.05) is 24.2 Å². The molecule has 3 heteroatoms. The highest BCUT2D eigenvalue weighted by Gasteiger charge is 2.21. The fourth-order valence-corrected chi connectivity index (χ4v) is 8.47. The van der Waals surface area contributed by atoms with Crippen molar-refractivity contribution in [1.82, 2.24) is 14.4 Å². The molecule has 0 atom stereocenters. The molecule has 0 saturated heterocycles. The second kappa shape index (κ2) is 9.96. The Morgan fingerprint density at radius 1 is 0.408 bits per heavy atom. The van der Waals surface area contributed by atoms with Crippen LogP contribution in [0.25, 0.3) is 103 Å². The Morgan fingerprint density at radius 2 is 0.898 bits per heavy atom. The van der Waals surface area contributed by atoms with E-state index in [2.05, 4.69) is 155 Å². The minimum Gasteiger partial charge on any atom is -0.304 e. The van der Waals surface area contributed by atoms with Gasteiger partial charge in [-0.05, 0) is 86.5 Å². The fraction of sp³-hybridized carbons (Fsp3) is 0. The van der Waals surface area contributed by atoms with E-state index in [1.807, 2.05) is 12.4 Å². The lowest BCUT2D eigenvalue weighted by atomic mass is 9.84. The number of nitrogens with zero attached hydrogens (tertiary/aromatic N) is 3. The van der Waals surface area contributed by atoms with E-state index >= 15 is 0 Å². The van der Waals surface area contributed by atoms with Crippen LogP contribution in [0, 0.1) is 0 Å². The molecule has 0 N–H and O–H groups in total. The minimum absolute atomic E-state index is 0.834. The Labute approximate surface area is 281 Å². The van der Waals surface area contributed by atoms with Crippen LogP contribution in [0.1, 0.15) is 0 Å². The number of imidazole rings is 1. The van der Waals surface area contributed by atoms with Crippen molar-refractivity contribution in [2.75, 3.05) is 0 Å². The van der Waals surface area contributed by atoms with E-state index in [9.17, 15) is 0 Å². The smallest absolute Gasteiger partial charge is 0.155 e. The van der Waals surface area contributed by atoms with Gasteiger partial charge in [-0.2, -0.15) is 0 Å². The van der Waals surface area contributed by atoms with Crippen molar-refractivity contribution >= 4 is 81.1 Å². The third kappa shape index (κ3) is 3.67. The first kappa shape index (κ1) is 26.5. The van der Waals surface area contributed by atoms with Crippen molar-refractivity contribution in [2.45, 2.75) is 0 Å². The lowest BCUT2D eigenvalue weighted by Gasteiger charge is -2.19. The van der Waals surface area contributed by atoms with E-state index < -0.39 is 0 Å². The summed E-state index contributed by atoms with van der Waals surface area (Å²) in [4.78, 5) is 9.40. The Hall–Kier alpha value is -6.58. The van der Waals surface area contributed by atoms with Gasteiger partial charge in [-0.15, -0.1) is 0 Å². The van der Waals surface area contributed by atoms with Crippen molar-refractivity contribution in [1.29, 1.82) is 0 Å². The van der Waals surface area contributed by atoms with Crippen molar-refractivity contribution in [3.63, 3.8) is 0 Å². The summed E-state index contributed by atoms with van der Waals surface area (Å²) in [6, 6.07) is 51.6. The summed E-state index contributed by atoms with van der Waals surface area (Å²) in [6.45, 7) is 0. The Balaban J connectivity index is 1.39. The van der Waals surface area contributed by atoms with Crippen molar-refractivity contribution < 1.29 is 0 Å². The highest BCUT2D eigenvalue weighted by atomic mass is 15.0. The van der Waals surface area contributed by atoms with E-state index in [1.165, 1.54) is 86.5 Å². The number of hydrogen-bond donors (Lipinski definition) is 0.